The summed E-state index contributed by atoms with van der Waals surface area (Å²) in [4.78, 5) is 23.2. The lowest BCUT2D eigenvalue weighted by atomic mass is 10.1. The van der Waals surface area contributed by atoms with Crippen LogP contribution in [0.2, 0.25) is 0 Å². The van der Waals surface area contributed by atoms with Gasteiger partial charge in [0.2, 0.25) is 10.0 Å². The van der Waals surface area contributed by atoms with E-state index in [-0.39, 0.29) is 24.5 Å². The molecule has 2 aromatic carbocycles. The number of nitrogens with one attached hydrogen (secondary N) is 1. The minimum absolute atomic E-state index is 0.0335. The summed E-state index contributed by atoms with van der Waals surface area (Å²) in [6, 6.07) is 14.3. The van der Waals surface area contributed by atoms with E-state index >= 15 is 0 Å². The molecule has 0 atom stereocenters. The van der Waals surface area contributed by atoms with E-state index in [0.717, 1.165) is 0 Å². The molecule has 0 aliphatic rings. The van der Waals surface area contributed by atoms with Crippen LogP contribution in [-0.4, -0.2) is 34.0 Å². The number of rotatable bonds is 8. The zero-order chi connectivity index (χ0) is 19.0. The number of carbonyl (C=O) groups excluding carboxylic acids is 2. The van der Waals surface area contributed by atoms with Crippen molar-refractivity contribution in [1.29, 1.82) is 0 Å². The Labute approximate surface area is 152 Å². The number of esters is 2. The van der Waals surface area contributed by atoms with Crippen LogP contribution in [0.15, 0.2) is 59.5 Å². The fourth-order valence-electron chi connectivity index (χ4n) is 2.06. The molecule has 0 fully saturated rings. The second kappa shape index (κ2) is 9.12. The first-order chi connectivity index (χ1) is 12.4. The zero-order valence-corrected chi connectivity index (χ0v) is 15.0. The molecule has 26 heavy (non-hydrogen) atoms. The van der Waals surface area contributed by atoms with E-state index in [2.05, 4.69) is 9.46 Å². The molecular weight excluding hydrogens is 358 g/mol. The fraction of sp³-hybridized carbons (Fsp3) is 0.222. The first-order valence-electron chi connectivity index (χ1n) is 7.80. The molecule has 8 heteroatoms. The van der Waals surface area contributed by atoms with Crippen molar-refractivity contribution in [3.05, 3.63) is 65.7 Å². The number of sulfonamides is 1. The van der Waals surface area contributed by atoms with Gasteiger partial charge in [-0.15, -0.1) is 0 Å². The van der Waals surface area contributed by atoms with Crippen molar-refractivity contribution >= 4 is 22.0 Å². The minimum atomic E-state index is -3.64. The molecule has 2 rings (SSSR count). The van der Waals surface area contributed by atoms with Crippen LogP contribution < -0.4 is 4.72 Å². The van der Waals surface area contributed by atoms with E-state index in [1.807, 2.05) is 0 Å². The van der Waals surface area contributed by atoms with E-state index in [4.69, 9.17) is 4.74 Å². The molecule has 2 aromatic rings. The summed E-state index contributed by atoms with van der Waals surface area (Å²) >= 11 is 0. The summed E-state index contributed by atoms with van der Waals surface area (Å²) in [5.74, 6) is -0.975. The number of benzene rings is 2. The summed E-state index contributed by atoms with van der Waals surface area (Å²) in [6.07, 6.45) is -0.0910. The summed E-state index contributed by atoms with van der Waals surface area (Å²) in [6.45, 7) is -0.0247. The molecule has 0 spiro atoms. The van der Waals surface area contributed by atoms with Gasteiger partial charge in [0, 0.05) is 6.54 Å². The molecule has 0 radical (unpaired) electrons. The van der Waals surface area contributed by atoms with Gasteiger partial charge in [-0.1, -0.05) is 30.3 Å². The monoisotopic (exact) mass is 377 g/mol. The smallest absolute Gasteiger partial charge is 0.337 e. The Bertz CT molecular complexity index is 847. The molecule has 0 bridgehead atoms. The highest BCUT2D eigenvalue weighted by molar-refractivity contribution is 7.89. The molecule has 0 heterocycles. The molecule has 0 aromatic heterocycles. The highest BCUT2D eigenvalue weighted by Gasteiger charge is 2.14. The number of hydrogen-bond donors (Lipinski definition) is 1. The maximum atomic E-state index is 12.0. The van der Waals surface area contributed by atoms with Gasteiger partial charge in [0.25, 0.3) is 0 Å². The van der Waals surface area contributed by atoms with Gasteiger partial charge in [0.15, 0.2) is 0 Å². The van der Waals surface area contributed by atoms with Crippen molar-refractivity contribution in [3.8, 4) is 0 Å². The van der Waals surface area contributed by atoms with Crippen LogP contribution in [0.4, 0.5) is 0 Å². The van der Waals surface area contributed by atoms with E-state index in [9.17, 15) is 18.0 Å². The van der Waals surface area contributed by atoms with Crippen LogP contribution in [0.3, 0.4) is 0 Å². The molecular formula is C18H19NO6S. The second-order valence-electron chi connectivity index (χ2n) is 5.31. The van der Waals surface area contributed by atoms with Crippen LogP contribution in [-0.2, 0) is 30.9 Å². The molecule has 138 valence electrons. The molecule has 1 N–H and O–H groups in total. The molecule has 0 aliphatic carbocycles. The molecule has 0 unspecified atom stereocenters. The van der Waals surface area contributed by atoms with Gasteiger partial charge in [0.1, 0.15) is 6.61 Å². The Morgan fingerprint density at radius 1 is 1.00 bits per heavy atom. The Morgan fingerprint density at radius 2 is 1.65 bits per heavy atom. The van der Waals surface area contributed by atoms with Crippen LogP contribution in [0.25, 0.3) is 0 Å². The largest absolute Gasteiger partial charge is 0.465 e. The average molecular weight is 377 g/mol. The second-order valence-corrected chi connectivity index (χ2v) is 7.08. The van der Waals surface area contributed by atoms with Crippen molar-refractivity contribution in [3.63, 3.8) is 0 Å². The quantitative estimate of drug-likeness (QED) is 0.706. The van der Waals surface area contributed by atoms with Crippen LogP contribution in [0.1, 0.15) is 22.3 Å². The summed E-state index contributed by atoms with van der Waals surface area (Å²) < 4.78 is 36.0. The lowest BCUT2D eigenvalue weighted by molar-refractivity contribution is -0.144. The zero-order valence-electron chi connectivity index (χ0n) is 14.2. The van der Waals surface area contributed by atoms with E-state index < -0.39 is 22.0 Å². The predicted octanol–water partition coefficient (Wildman–Crippen LogP) is 1.88. The summed E-state index contributed by atoms with van der Waals surface area (Å²) in [5.41, 5.74) is 1.11. The topological polar surface area (TPSA) is 98.8 Å². The van der Waals surface area contributed by atoms with E-state index in [1.165, 1.54) is 19.2 Å². The predicted molar refractivity (Wildman–Crippen MR) is 93.8 cm³/mol. The van der Waals surface area contributed by atoms with Gasteiger partial charge < -0.3 is 9.47 Å². The number of ether oxygens (including phenoxy) is 2. The summed E-state index contributed by atoms with van der Waals surface area (Å²) in [7, 11) is -2.34. The average Bonchev–Trinajstić information content (AvgIpc) is 2.66. The van der Waals surface area contributed by atoms with Crippen molar-refractivity contribution in [1.82, 2.24) is 4.72 Å². The SMILES string of the molecule is COC(=O)c1ccc(COC(=O)CCNS(=O)(=O)c2ccccc2)cc1. The summed E-state index contributed by atoms with van der Waals surface area (Å²) in [5, 5.41) is 0. The highest BCUT2D eigenvalue weighted by Crippen LogP contribution is 2.08. The highest BCUT2D eigenvalue weighted by atomic mass is 32.2. The Kier molecular flexibility index (Phi) is 6.88. The first kappa shape index (κ1) is 19.6. The maximum Gasteiger partial charge on any atom is 0.337 e. The fourth-order valence-corrected chi connectivity index (χ4v) is 3.11. The number of hydrogen-bond acceptors (Lipinski definition) is 6. The third kappa shape index (κ3) is 5.68. The lowest BCUT2D eigenvalue weighted by Gasteiger charge is -2.08. The lowest BCUT2D eigenvalue weighted by Crippen LogP contribution is -2.26. The molecule has 0 amide bonds. The van der Waals surface area contributed by atoms with Crippen molar-refractivity contribution in [2.24, 2.45) is 0 Å². The number of methoxy groups -OCH3 is 1. The Balaban J connectivity index is 1.76. The molecule has 7 nitrogen and oxygen atoms in total. The van der Waals surface area contributed by atoms with Gasteiger partial charge in [-0.3, -0.25) is 4.79 Å². The third-order valence-corrected chi connectivity index (χ3v) is 4.93. The normalized spacial score (nSPS) is 11.0. The van der Waals surface area contributed by atoms with Gasteiger partial charge in [-0.25, -0.2) is 17.9 Å². The van der Waals surface area contributed by atoms with Gasteiger partial charge in [-0.2, -0.15) is 0 Å². The van der Waals surface area contributed by atoms with E-state index in [0.29, 0.717) is 11.1 Å². The van der Waals surface area contributed by atoms with Crippen LogP contribution >= 0.6 is 0 Å². The van der Waals surface area contributed by atoms with E-state index in [1.54, 1.807) is 42.5 Å². The van der Waals surface area contributed by atoms with Crippen molar-refractivity contribution in [2.75, 3.05) is 13.7 Å². The maximum absolute atomic E-state index is 12.0. The van der Waals surface area contributed by atoms with Crippen molar-refractivity contribution < 1.29 is 27.5 Å². The first-order valence-corrected chi connectivity index (χ1v) is 9.28. The molecule has 0 saturated heterocycles. The van der Waals surface area contributed by atoms with Gasteiger partial charge in [0.05, 0.1) is 24.0 Å². The Hall–Kier alpha value is -2.71. The molecule has 0 saturated carbocycles. The van der Waals surface area contributed by atoms with Gasteiger partial charge >= 0.3 is 11.9 Å². The van der Waals surface area contributed by atoms with Gasteiger partial charge in [-0.05, 0) is 29.8 Å². The molecule has 0 aliphatic heterocycles. The third-order valence-electron chi connectivity index (χ3n) is 3.45. The standard InChI is InChI=1S/C18H19NO6S/c1-24-18(21)15-9-7-14(8-10-15)13-25-17(20)11-12-19-26(22,23)16-5-3-2-4-6-16/h2-10,19H,11-13H2,1H3. The number of carbonyl (C=O) groups is 2. The Morgan fingerprint density at radius 3 is 2.27 bits per heavy atom. The minimum Gasteiger partial charge on any atom is -0.465 e. The van der Waals surface area contributed by atoms with Crippen LogP contribution in [0.5, 0.6) is 0 Å². The van der Waals surface area contributed by atoms with Crippen LogP contribution in [0, 0.1) is 0 Å². The van der Waals surface area contributed by atoms with Crippen molar-refractivity contribution in [2.45, 2.75) is 17.9 Å².